The summed E-state index contributed by atoms with van der Waals surface area (Å²) in [6.07, 6.45) is 1.17. The molecule has 1 aliphatic rings. The first-order valence-corrected chi connectivity index (χ1v) is 5.23. The topological polar surface area (TPSA) is 41.7 Å². The maximum absolute atomic E-state index is 5.89. The van der Waals surface area contributed by atoms with Crippen molar-refractivity contribution >= 4 is 0 Å². The second-order valence-electron chi connectivity index (χ2n) is 4.33. The fourth-order valence-electron chi connectivity index (χ4n) is 2.16. The second-order valence-corrected chi connectivity index (χ2v) is 4.33. The van der Waals surface area contributed by atoms with Crippen molar-refractivity contribution in [2.45, 2.75) is 12.0 Å². The van der Waals surface area contributed by atoms with E-state index < -0.39 is 0 Å². The van der Waals surface area contributed by atoms with Crippen LogP contribution >= 0.6 is 0 Å². The van der Waals surface area contributed by atoms with E-state index in [4.69, 9.17) is 10.5 Å². The number of likely N-dealkylation sites (tertiary alicyclic amines) is 1. The zero-order chi connectivity index (χ0) is 10.6. The molecule has 14 heavy (non-hydrogen) atoms. The largest absolute Gasteiger partial charge is 0.383 e. The SMILES string of the molecule is COCCN(C)C1(CN)CCN(C)C1. The summed E-state index contributed by atoms with van der Waals surface area (Å²) in [4.78, 5) is 4.69. The summed E-state index contributed by atoms with van der Waals surface area (Å²) in [5, 5.41) is 0. The normalized spacial score (nSPS) is 28.9. The summed E-state index contributed by atoms with van der Waals surface area (Å²) in [6.45, 7) is 4.69. The molecule has 1 atom stereocenters. The lowest BCUT2D eigenvalue weighted by atomic mass is 9.97. The first-order chi connectivity index (χ1) is 6.64. The van der Waals surface area contributed by atoms with Crippen LogP contribution in [-0.2, 0) is 4.74 Å². The minimum absolute atomic E-state index is 0.174. The molecule has 0 saturated carbocycles. The van der Waals surface area contributed by atoms with Crippen LogP contribution in [0.25, 0.3) is 0 Å². The molecule has 1 saturated heterocycles. The summed E-state index contributed by atoms with van der Waals surface area (Å²) < 4.78 is 5.09. The number of hydrogen-bond acceptors (Lipinski definition) is 4. The molecule has 0 amide bonds. The molecular weight excluding hydrogens is 178 g/mol. The van der Waals surface area contributed by atoms with Crippen LogP contribution in [0.5, 0.6) is 0 Å². The molecule has 1 unspecified atom stereocenters. The van der Waals surface area contributed by atoms with Gasteiger partial charge in [0, 0.05) is 32.3 Å². The van der Waals surface area contributed by atoms with Crippen molar-refractivity contribution in [2.24, 2.45) is 5.73 Å². The average molecular weight is 201 g/mol. The van der Waals surface area contributed by atoms with Crippen LogP contribution in [0.15, 0.2) is 0 Å². The Labute approximate surface area is 87.0 Å². The Kier molecular flexibility index (Phi) is 4.31. The molecule has 0 spiro atoms. The molecule has 1 rings (SSSR count). The van der Waals surface area contributed by atoms with E-state index >= 15 is 0 Å². The maximum atomic E-state index is 5.89. The molecule has 4 heteroatoms. The van der Waals surface area contributed by atoms with Crippen LogP contribution in [0.2, 0.25) is 0 Å². The standard InChI is InChI=1S/C10H23N3O/c1-12-5-4-10(8-11,9-12)13(2)6-7-14-3/h4-9,11H2,1-3H3. The minimum Gasteiger partial charge on any atom is -0.383 e. The highest BCUT2D eigenvalue weighted by molar-refractivity contribution is 4.98. The van der Waals surface area contributed by atoms with E-state index in [0.717, 1.165) is 32.8 Å². The van der Waals surface area contributed by atoms with E-state index in [1.54, 1.807) is 7.11 Å². The van der Waals surface area contributed by atoms with Crippen molar-refractivity contribution < 1.29 is 4.74 Å². The first-order valence-electron chi connectivity index (χ1n) is 5.23. The fraction of sp³-hybridized carbons (Fsp3) is 1.00. The lowest BCUT2D eigenvalue weighted by molar-refractivity contribution is 0.0888. The van der Waals surface area contributed by atoms with Crippen LogP contribution in [0.4, 0.5) is 0 Å². The highest BCUT2D eigenvalue weighted by Gasteiger charge is 2.38. The molecule has 1 heterocycles. The maximum Gasteiger partial charge on any atom is 0.0589 e. The van der Waals surface area contributed by atoms with E-state index in [1.165, 1.54) is 6.42 Å². The zero-order valence-corrected chi connectivity index (χ0v) is 9.62. The molecular formula is C10H23N3O. The van der Waals surface area contributed by atoms with Crippen LogP contribution in [0, 0.1) is 0 Å². The summed E-state index contributed by atoms with van der Waals surface area (Å²) >= 11 is 0. The summed E-state index contributed by atoms with van der Waals surface area (Å²) in [5.74, 6) is 0. The summed E-state index contributed by atoms with van der Waals surface area (Å²) in [6, 6.07) is 0. The smallest absolute Gasteiger partial charge is 0.0589 e. The lowest BCUT2D eigenvalue weighted by Gasteiger charge is -2.37. The monoisotopic (exact) mass is 201 g/mol. The first kappa shape index (κ1) is 11.9. The molecule has 1 fully saturated rings. The lowest BCUT2D eigenvalue weighted by Crippen LogP contribution is -2.54. The van der Waals surface area contributed by atoms with Crippen molar-refractivity contribution in [1.29, 1.82) is 0 Å². The predicted octanol–water partition coefficient (Wildman–Crippen LogP) is -0.402. The van der Waals surface area contributed by atoms with Gasteiger partial charge in [0.25, 0.3) is 0 Å². The van der Waals surface area contributed by atoms with E-state index in [0.29, 0.717) is 0 Å². The number of rotatable bonds is 5. The highest BCUT2D eigenvalue weighted by atomic mass is 16.5. The van der Waals surface area contributed by atoms with Crippen molar-refractivity contribution in [3.63, 3.8) is 0 Å². The summed E-state index contributed by atoms with van der Waals surface area (Å²) in [5.41, 5.74) is 6.07. The van der Waals surface area contributed by atoms with Gasteiger partial charge in [0.05, 0.1) is 6.61 Å². The van der Waals surface area contributed by atoms with Gasteiger partial charge in [0.2, 0.25) is 0 Å². The van der Waals surface area contributed by atoms with Gasteiger partial charge in [0.15, 0.2) is 0 Å². The van der Waals surface area contributed by atoms with Gasteiger partial charge in [-0.1, -0.05) is 0 Å². The number of nitrogens with two attached hydrogens (primary N) is 1. The predicted molar refractivity (Wildman–Crippen MR) is 58.4 cm³/mol. The molecule has 0 aromatic rings. The Hall–Kier alpha value is -0.160. The van der Waals surface area contributed by atoms with Gasteiger partial charge < -0.3 is 15.4 Å². The van der Waals surface area contributed by atoms with E-state index in [-0.39, 0.29) is 5.54 Å². The average Bonchev–Trinajstić information content (AvgIpc) is 2.58. The van der Waals surface area contributed by atoms with Crippen molar-refractivity contribution in [3.05, 3.63) is 0 Å². The summed E-state index contributed by atoms with van der Waals surface area (Å²) in [7, 11) is 6.04. The van der Waals surface area contributed by atoms with Crippen molar-refractivity contribution in [1.82, 2.24) is 9.80 Å². The molecule has 4 nitrogen and oxygen atoms in total. The Balaban J connectivity index is 2.51. The van der Waals surface area contributed by atoms with Gasteiger partial charge in [-0.15, -0.1) is 0 Å². The molecule has 0 aromatic heterocycles. The van der Waals surface area contributed by atoms with Gasteiger partial charge in [0.1, 0.15) is 0 Å². The Morgan fingerprint density at radius 1 is 1.57 bits per heavy atom. The van der Waals surface area contributed by atoms with Crippen LogP contribution < -0.4 is 5.73 Å². The van der Waals surface area contributed by atoms with Crippen LogP contribution in [0.3, 0.4) is 0 Å². The third kappa shape index (κ3) is 2.45. The second kappa shape index (κ2) is 5.07. The van der Waals surface area contributed by atoms with E-state index in [9.17, 15) is 0 Å². The van der Waals surface area contributed by atoms with Gasteiger partial charge in [-0.05, 0) is 27.1 Å². The zero-order valence-electron chi connectivity index (χ0n) is 9.62. The van der Waals surface area contributed by atoms with E-state index in [2.05, 4.69) is 23.9 Å². The van der Waals surface area contributed by atoms with Gasteiger partial charge >= 0.3 is 0 Å². The number of methoxy groups -OCH3 is 1. The molecule has 84 valence electrons. The van der Waals surface area contributed by atoms with Crippen molar-refractivity contribution in [2.75, 3.05) is 54.0 Å². The molecule has 0 aromatic carbocycles. The number of nitrogens with zero attached hydrogens (tertiary/aromatic N) is 2. The Bertz CT molecular complexity index is 177. The molecule has 0 bridgehead atoms. The fourth-order valence-corrected chi connectivity index (χ4v) is 2.16. The Morgan fingerprint density at radius 3 is 2.71 bits per heavy atom. The number of likely N-dealkylation sites (N-methyl/N-ethyl adjacent to an activating group) is 2. The minimum atomic E-state index is 0.174. The van der Waals surface area contributed by atoms with E-state index in [1.807, 2.05) is 0 Å². The number of ether oxygens (including phenoxy) is 1. The third-order valence-corrected chi connectivity index (χ3v) is 3.34. The van der Waals surface area contributed by atoms with Crippen LogP contribution in [-0.4, -0.2) is 69.3 Å². The molecule has 1 aliphatic heterocycles. The van der Waals surface area contributed by atoms with Crippen molar-refractivity contribution in [3.8, 4) is 0 Å². The van der Waals surface area contributed by atoms with Gasteiger partial charge in [-0.3, -0.25) is 4.90 Å². The quantitative estimate of drug-likeness (QED) is 0.657. The van der Waals surface area contributed by atoms with Crippen LogP contribution in [0.1, 0.15) is 6.42 Å². The van der Waals surface area contributed by atoms with Gasteiger partial charge in [-0.2, -0.15) is 0 Å². The third-order valence-electron chi connectivity index (χ3n) is 3.34. The highest BCUT2D eigenvalue weighted by Crippen LogP contribution is 2.24. The number of hydrogen-bond donors (Lipinski definition) is 1. The Morgan fingerprint density at radius 2 is 2.29 bits per heavy atom. The molecule has 0 radical (unpaired) electrons. The van der Waals surface area contributed by atoms with Gasteiger partial charge in [-0.25, -0.2) is 0 Å². The molecule has 0 aliphatic carbocycles. The molecule has 2 N–H and O–H groups in total.